The fraction of sp³-hybridized carbons (Fsp3) is 1.00. The molecule has 0 unspecified atom stereocenters. The minimum Gasteiger partial charge on any atom is -0.393 e. The molecule has 0 aromatic heterocycles. The molecule has 0 radical (unpaired) electrons. The monoisotopic (exact) mass is 414 g/mol. The zero-order chi connectivity index (χ0) is 21.3. The summed E-state index contributed by atoms with van der Waals surface area (Å²) >= 11 is 0. The summed E-state index contributed by atoms with van der Waals surface area (Å²) < 4.78 is 0. The number of rotatable bonds is 5. The summed E-state index contributed by atoms with van der Waals surface area (Å²) in [6.07, 6.45) is 16.8. The van der Waals surface area contributed by atoms with E-state index < -0.39 is 0 Å². The normalized spacial score (nSPS) is 54.6. The van der Waals surface area contributed by atoms with Crippen LogP contribution >= 0.6 is 0 Å². The van der Waals surface area contributed by atoms with Crippen LogP contribution in [0, 0.1) is 64.1 Å². The summed E-state index contributed by atoms with van der Waals surface area (Å²) in [6, 6.07) is 0. The molecule has 0 spiro atoms. The topological polar surface area (TPSA) is 20.2 Å². The van der Waals surface area contributed by atoms with Crippen LogP contribution in [0.4, 0.5) is 0 Å². The number of aliphatic hydroxyl groups excluding tert-OH is 1. The summed E-state index contributed by atoms with van der Waals surface area (Å²) in [6.45, 7) is 13.0. The van der Waals surface area contributed by atoms with Gasteiger partial charge in [0.05, 0.1) is 6.10 Å². The lowest BCUT2D eigenvalue weighted by atomic mass is 9.44. The Bertz CT molecular complexity index is 628. The molecule has 0 aromatic carbocycles. The molecule has 5 aliphatic rings. The molecule has 172 valence electrons. The summed E-state index contributed by atoms with van der Waals surface area (Å²) in [5, 5.41) is 10.3. The predicted molar refractivity (Wildman–Crippen MR) is 126 cm³/mol. The highest BCUT2D eigenvalue weighted by Crippen LogP contribution is 2.68. The maximum atomic E-state index is 10.3. The quantitative estimate of drug-likeness (QED) is 0.488. The lowest BCUT2D eigenvalue weighted by Crippen LogP contribution is -2.54. The van der Waals surface area contributed by atoms with Crippen molar-refractivity contribution in [3.8, 4) is 0 Å². The molecule has 5 fully saturated rings. The average molecular weight is 415 g/mol. The van der Waals surface area contributed by atoms with Crippen molar-refractivity contribution in [3.63, 3.8) is 0 Å². The Morgan fingerprint density at radius 1 is 0.800 bits per heavy atom. The number of hydrogen-bond acceptors (Lipinski definition) is 1. The van der Waals surface area contributed by atoms with Gasteiger partial charge in [0.25, 0.3) is 0 Å². The highest BCUT2D eigenvalue weighted by Gasteiger charge is 2.60. The molecule has 1 heteroatoms. The second kappa shape index (κ2) is 7.78. The molecule has 5 aliphatic carbocycles. The molecule has 0 aliphatic heterocycles. The van der Waals surface area contributed by atoms with E-state index in [4.69, 9.17) is 0 Å². The Balaban J connectivity index is 1.26. The molecule has 0 heterocycles. The largest absolute Gasteiger partial charge is 0.393 e. The summed E-state index contributed by atoms with van der Waals surface area (Å²) in [4.78, 5) is 0. The fourth-order valence-corrected chi connectivity index (χ4v) is 10.3. The van der Waals surface area contributed by atoms with Gasteiger partial charge in [0.15, 0.2) is 0 Å². The zero-order valence-corrected chi connectivity index (χ0v) is 20.7. The van der Waals surface area contributed by atoms with Crippen LogP contribution < -0.4 is 0 Å². The highest BCUT2D eigenvalue weighted by molar-refractivity contribution is 5.09. The molecule has 0 amide bonds. The third-order valence-electron chi connectivity index (χ3n) is 12.4. The SMILES string of the molecule is C[C@H](CC[C@@H](C)[C@H]1CC[C@H]2[C@@H]3CC[C@H]4C[C@@H](O)CC[C@]4(C)[C@H]3CC[C@]12C)[C@@H]1C[C@H]1C. The van der Waals surface area contributed by atoms with Gasteiger partial charge in [-0.3, -0.25) is 0 Å². The Hall–Kier alpha value is -0.0400. The summed E-state index contributed by atoms with van der Waals surface area (Å²) in [7, 11) is 0. The minimum atomic E-state index is -0.00814. The molecule has 5 saturated carbocycles. The van der Waals surface area contributed by atoms with Crippen LogP contribution in [-0.2, 0) is 0 Å². The van der Waals surface area contributed by atoms with E-state index in [1.165, 1.54) is 64.2 Å². The molecular weight excluding hydrogens is 364 g/mol. The second-order valence-electron chi connectivity index (χ2n) is 13.7. The molecule has 30 heavy (non-hydrogen) atoms. The Kier molecular flexibility index (Phi) is 5.65. The number of aliphatic hydroxyl groups is 1. The van der Waals surface area contributed by atoms with Crippen molar-refractivity contribution >= 4 is 0 Å². The van der Waals surface area contributed by atoms with Crippen molar-refractivity contribution < 1.29 is 5.11 Å². The van der Waals surface area contributed by atoms with Crippen molar-refractivity contribution in [1.82, 2.24) is 0 Å². The van der Waals surface area contributed by atoms with E-state index in [0.29, 0.717) is 10.8 Å². The first-order chi connectivity index (χ1) is 14.2. The van der Waals surface area contributed by atoms with Crippen LogP contribution in [0.1, 0.15) is 112 Å². The van der Waals surface area contributed by atoms with E-state index in [0.717, 1.165) is 66.1 Å². The van der Waals surface area contributed by atoms with Gasteiger partial charge < -0.3 is 5.11 Å². The van der Waals surface area contributed by atoms with E-state index in [-0.39, 0.29) is 6.10 Å². The van der Waals surface area contributed by atoms with Crippen molar-refractivity contribution in [3.05, 3.63) is 0 Å². The van der Waals surface area contributed by atoms with E-state index in [1.54, 1.807) is 0 Å². The van der Waals surface area contributed by atoms with Gasteiger partial charge in [0.1, 0.15) is 0 Å². The lowest BCUT2D eigenvalue weighted by Gasteiger charge is -2.61. The van der Waals surface area contributed by atoms with Crippen LogP contribution in [0.3, 0.4) is 0 Å². The summed E-state index contributed by atoms with van der Waals surface area (Å²) in [5.74, 6) is 8.65. The van der Waals surface area contributed by atoms with Gasteiger partial charge in [0.2, 0.25) is 0 Å². The van der Waals surface area contributed by atoms with Gasteiger partial charge in [-0.2, -0.15) is 0 Å². The van der Waals surface area contributed by atoms with Crippen LogP contribution in [-0.4, -0.2) is 11.2 Å². The van der Waals surface area contributed by atoms with Crippen LogP contribution in [0.5, 0.6) is 0 Å². The third kappa shape index (κ3) is 3.43. The van der Waals surface area contributed by atoms with Gasteiger partial charge in [-0.1, -0.05) is 47.5 Å². The third-order valence-corrected chi connectivity index (χ3v) is 12.4. The van der Waals surface area contributed by atoms with Gasteiger partial charge in [0, 0.05) is 0 Å². The van der Waals surface area contributed by atoms with Crippen molar-refractivity contribution in [2.45, 2.75) is 118 Å². The standard InChI is InChI=1S/C29H50O/c1-18(24-16-20(24)3)6-7-19(2)25-10-11-26-23-9-8-21-17-22(30)12-14-28(21,4)27(23)13-15-29(25,26)5/h18-27,30H,6-17H2,1-5H3/t18-,19-,20-,21+,22+,23+,24+,25-,26+,27+,28+,29-/m1/s1. The molecular formula is C29H50O. The predicted octanol–water partition coefficient (Wildman–Crippen LogP) is 7.71. The number of fused-ring (bicyclic) bond motifs is 5. The summed E-state index contributed by atoms with van der Waals surface area (Å²) in [5.41, 5.74) is 1.15. The van der Waals surface area contributed by atoms with Gasteiger partial charge in [-0.25, -0.2) is 0 Å². The van der Waals surface area contributed by atoms with E-state index in [1.807, 2.05) is 0 Å². The lowest BCUT2D eigenvalue weighted by molar-refractivity contribution is -0.129. The Labute approximate surface area is 187 Å². The zero-order valence-electron chi connectivity index (χ0n) is 20.7. The average Bonchev–Trinajstić information content (AvgIpc) is 3.33. The van der Waals surface area contributed by atoms with Crippen molar-refractivity contribution in [1.29, 1.82) is 0 Å². The molecule has 5 rings (SSSR count). The van der Waals surface area contributed by atoms with Crippen molar-refractivity contribution in [2.75, 3.05) is 0 Å². The van der Waals surface area contributed by atoms with Gasteiger partial charge in [-0.15, -0.1) is 0 Å². The second-order valence-corrected chi connectivity index (χ2v) is 13.7. The number of hydrogen-bond donors (Lipinski definition) is 1. The smallest absolute Gasteiger partial charge is 0.0543 e. The van der Waals surface area contributed by atoms with E-state index >= 15 is 0 Å². The molecule has 0 bridgehead atoms. The molecule has 0 aromatic rings. The van der Waals surface area contributed by atoms with Crippen LogP contribution in [0.15, 0.2) is 0 Å². The first kappa shape index (κ1) is 21.8. The fourth-order valence-electron chi connectivity index (χ4n) is 10.3. The minimum absolute atomic E-state index is 0.00814. The van der Waals surface area contributed by atoms with Gasteiger partial charge >= 0.3 is 0 Å². The molecule has 1 nitrogen and oxygen atoms in total. The van der Waals surface area contributed by atoms with E-state index in [9.17, 15) is 5.11 Å². The first-order valence-electron chi connectivity index (χ1n) is 13.9. The van der Waals surface area contributed by atoms with Gasteiger partial charge in [-0.05, 0) is 128 Å². The Morgan fingerprint density at radius 3 is 2.20 bits per heavy atom. The maximum absolute atomic E-state index is 10.3. The molecule has 12 atom stereocenters. The molecule has 0 saturated heterocycles. The first-order valence-corrected chi connectivity index (χ1v) is 13.9. The van der Waals surface area contributed by atoms with Crippen LogP contribution in [0.25, 0.3) is 0 Å². The van der Waals surface area contributed by atoms with E-state index in [2.05, 4.69) is 34.6 Å². The van der Waals surface area contributed by atoms with Crippen LogP contribution in [0.2, 0.25) is 0 Å². The highest BCUT2D eigenvalue weighted by atomic mass is 16.3. The van der Waals surface area contributed by atoms with Crippen molar-refractivity contribution in [2.24, 2.45) is 64.1 Å². The maximum Gasteiger partial charge on any atom is 0.0543 e. The Morgan fingerprint density at radius 2 is 1.47 bits per heavy atom. The molecule has 1 N–H and O–H groups in total.